The van der Waals surface area contributed by atoms with E-state index in [-0.39, 0.29) is 23.4 Å². The fraction of sp³-hybridized carbons (Fsp3) is 0.680. The highest BCUT2D eigenvalue weighted by atomic mass is 16.5. The Morgan fingerprint density at radius 3 is 2.50 bits per heavy atom. The van der Waals surface area contributed by atoms with E-state index < -0.39 is 12.2 Å². The number of nitrogens with zero attached hydrogens (tertiary/aromatic N) is 2. The van der Waals surface area contributed by atoms with Gasteiger partial charge in [-0.3, -0.25) is 0 Å². The summed E-state index contributed by atoms with van der Waals surface area (Å²) in [5, 5.41) is 20.5. The molecule has 0 radical (unpaired) electrons. The number of benzene rings is 1. The number of cyclic esters (lactones) is 1. The first-order valence-electron chi connectivity index (χ1n) is 11.7. The summed E-state index contributed by atoms with van der Waals surface area (Å²) >= 11 is 0. The molecule has 1 aromatic rings. The van der Waals surface area contributed by atoms with Gasteiger partial charge in [-0.2, -0.15) is 0 Å². The van der Waals surface area contributed by atoms with Crippen LogP contribution in [0.4, 0.5) is 4.79 Å². The topological polar surface area (TPSA) is 90.3 Å². The Bertz CT molecular complexity index is 898. The number of aliphatic hydroxyl groups is 1. The van der Waals surface area contributed by atoms with E-state index in [1.807, 2.05) is 13.0 Å². The lowest BCUT2D eigenvalue weighted by Gasteiger charge is -2.55. The maximum Gasteiger partial charge on any atom is 0.407 e. The molecule has 2 atom stereocenters. The maximum atomic E-state index is 11.8. The largest absolute Gasteiger partial charge is 0.465 e. The molecule has 2 N–H and O–H groups in total. The third kappa shape index (κ3) is 4.13. The Kier molecular flexibility index (Phi) is 6.01. The van der Waals surface area contributed by atoms with Gasteiger partial charge in [-0.05, 0) is 73.2 Å². The third-order valence-corrected chi connectivity index (χ3v) is 8.19. The van der Waals surface area contributed by atoms with Gasteiger partial charge in [-0.15, -0.1) is 0 Å². The zero-order valence-electron chi connectivity index (χ0n) is 19.7. The Morgan fingerprint density at radius 1 is 1.22 bits per heavy atom. The molecule has 0 saturated carbocycles. The van der Waals surface area contributed by atoms with Crippen LogP contribution in [0.2, 0.25) is 0 Å². The van der Waals surface area contributed by atoms with E-state index in [0.717, 1.165) is 49.0 Å². The predicted molar refractivity (Wildman–Crippen MR) is 121 cm³/mol. The van der Waals surface area contributed by atoms with Crippen molar-refractivity contribution in [2.24, 2.45) is 16.7 Å². The normalized spacial score (nSPS) is 24.3. The van der Waals surface area contributed by atoms with Crippen LogP contribution in [0.3, 0.4) is 0 Å². The summed E-state index contributed by atoms with van der Waals surface area (Å²) in [5.74, 6) is 0.0382. The Hall–Kier alpha value is -2.12. The first-order valence-corrected chi connectivity index (χ1v) is 11.7. The van der Waals surface area contributed by atoms with Crippen molar-refractivity contribution in [3.63, 3.8) is 0 Å². The average Bonchev–Trinajstić information content (AvgIpc) is 3.11. The lowest BCUT2D eigenvalue weighted by molar-refractivity contribution is -0.0639. The first-order chi connectivity index (χ1) is 15.0. The van der Waals surface area contributed by atoms with Crippen molar-refractivity contribution in [3.05, 3.63) is 34.4 Å². The third-order valence-electron chi connectivity index (χ3n) is 8.19. The molecule has 7 nitrogen and oxygen atoms in total. The van der Waals surface area contributed by atoms with Crippen LogP contribution in [-0.4, -0.2) is 64.8 Å². The van der Waals surface area contributed by atoms with Crippen LogP contribution < -0.4 is 0 Å². The van der Waals surface area contributed by atoms with Crippen LogP contribution in [0.1, 0.15) is 73.2 Å². The predicted octanol–water partition coefficient (Wildman–Crippen LogP) is 3.83. The smallest absolute Gasteiger partial charge is 0.407 e. The second-order valence-corrected chi connectivity index (χ2v) is 11.0. The number of rotatable bonds is 3. The fourth-order valence-corrected chi connectivity index (χ4v) is 6.25. The summed E-state index contributed by atoms with van der Waals surface area (Å²) in [5.41, 5.74) is 3.51. The minimum absolute atomic E-state index is 0.0385. The molecule has 0 aliphatic carbocycles. The highest BCUT2D eigenvalue weighted by molar-refractivity contribution is 5.93. The van der Waals surface area contributed by atoms with Crippen LogP contribution in [0.5, 0.6) is 0 Å². The lowest BCUT2D eigenvalue weighted by atomic mass is 9.57. The number of aliphatic hydroxyl groups excluding tert-OH is 1. The number of hydrogen-bond donors (Lipinski definition) is 2. The number of likely N-dealkylation sites (tertiary alicyclic amines) is 2. The molecule has 0 bridgehead atoms. The Balaban J connectivity index is 1.42. The van der Waals surface area contributed by atoms with Gasteiger partial charge in [0, 0.05) is 25.2 Å². The molecule has 176 valence electrons. The number of β-amino-alcohol motifs (C(OH)–C–C–N with tert-alkyl or cyclic N) is 1. The number of carbonyl (C=O) groups is 2. The molecular formula is C25H36N2O5. The summed E-state index contributed by atoms with van der Waals surface area (Å²) < 4.78 is 5.14. The number of amides is 1. The zero-order chi connectivity index (χ0) is 23.3. The fourth-order valence-electron chi connectivity index (χ4n) is 6.25. The molecule has 1 unspecified atom stereocenters. The number of hydrogen-bond acceptors (Lipinski definition) is 5. The van der Waals surface area contributed by atoms with Gasteiger partial charge in [0.15, 0.2) is 0 Å². The average molecular weight is 445 g/mol. The van der Waals surface area contributed by atoms with E-state index in [1.165, 1.54) is 0 Å². The number of carbonyl (C=O) groups excluding carboxylic acids is 1. The quantitative estimate of drug-likeness (QED) is 0.689. The Morgan fingerprint density at radius 2 is 1.88 bits per heavy atom. The van der Waals surface area contributed by atoms with Gasteiger partial charge in [0.25, 0.3) is 0 Å². The number of piperidine rings is 2. The molecule has 4 rings (SSSR count). The summed E-state index contributed by atoms with van der Waals surface area (Å²) in [4.78, 5) is 27.3. The molecule has 2 fully saturated rings. The monoisotopic (exact) mass is 444 g/mol. The van der Waals surface area contributed by atoms with E-state index in [4.69, 9.17) is 4.74 Å². The summed E-state index contributed by atoms with van der Waals surface area (Å²) in [6, 6.07) is 3.62. The van der Waals surface area contributed by atoms with Crippen LogP contribution in [-0.2, 0) is 11.3 Å². The van der Waals surface area contributed by atoms with E-state index >= 15 is 0 Å². The SMILES string of the molecule is Cc1c(C(O)CN2CCC3(CC2)CCN(C(=O)O)C[C@@H]3C(C)(C)C)ccc2c1COC2=O. The molecule has 3 heterocycles. The van der Waals surface area contributed by atoms with Crippen molar-refractivity contribution >= 4 is 12.1 Å². The second kappa shape index (κ2) is 8.34. The van der Waals surface area contributed by atoms with Crippen LogP contribution in [0.25, 0.3) is 0 Å². The second-order valence-electron chi connectivity index (χ2n) is 11.0. The van der Waals surface area contributed by atoms with Gasteiger partial charge >= 0.3 is 12.1 Å². The molecule has 3 aliphatic heterocycles. The molecular weight excluding hydrogens is 408 g/mol. The van der Waals surface area contributed by atoms with Gasteiger partial charge in [0.1, 0.15) is 6.61 Å². The van der Waals surface area contributed by atoms with Gasteiger partial charge in [-0.25, -0.2) is 9.59 Å². The lowest BCUT2D eigenvalue weighted by Crippen LogP contribution is -2.57. The van der Waals surface area contributed by atoms with E-state index in [9.17, 15) is 19.8 Å². The molecule has 3 aliphatic rings. The van der Waals surface area contributed by atoms with E-state index in [1.54, 1.807) is 11.0 Å². The first kappa shape index (κ1) is 23.1. The van der Waals surface area contributed by atoms with E-state index in [0.29, 0.717) is 31.1 Å². The number of ether oxygens (including phenoxy) is 1. The molecule has 1 amide bonds. The standard InChI is InChI=1S/C25H36N2O5/c1-16-17(5-6-18-19(16)15-32-22(18)29)20(28)13-26-10-7-25(8-11-26)9-12-27(23(30)31)14-21(25)24(2,3)4/h5-6,20-21,28H,7-15H2,1-4H3,(H,30,31)/t20?,21-/m1/s1. The number of carboxylic acid groups (broad SMARTS) is 1. The summed E-state index contributed by atoms with van der Waals surface area (Å²) in [6.45, 7) is 12.5. The molecule has 1 spiro atoms. The molecule has 1 aromatic carbocycles. The molecule has 2 saturated heterocycles. The zero-order valence-corrected chi connectivity index (χ0v) is 19.7. The summed E-state index contributed by atoms with van der Waals surface area (Å²) in [7, 11) is 0. The van der Waals surface area contributed by atoms with Crippen molar-refractivity contribution in [2.45, 2.75) is 59.7 Å². The van der Waals surface area contributed by atoms with Crippen molar-refractivity contribution in [3.8, 4) is 0 Å². The van der Waals surface area contributed by atoms with Crippen LogP contribution >= 0.6 is 0 Å². The van der Waals surface area contributed by atoms with Crippen molar-refractivity contribution in [1.29, 1.82) is 0 Å². The van der Waals surface area contributed by atoms with Gasteiger partial charge in [0.2, 0.25) is 0 Å². The molecule has 32 heavy (non-hydrogen) atoms. The van der Waals surface area contributed by atoms with E-state index in [2.05, 4.69) is 25.7 Å². The minimum atomic E-state index is -0.813. The highest BCUT2D eigenvalue weighted by Gasteiger charge is 2.50. The van der Waals surface area contributed by atoms with Crippen molar-refractivity contribution in [2.75, 3.05) is 32.7 Å². The Labute approximate surface area is 190 Å². The number of esters is 1. The minimum Gasteiger partial charge on any atom is -0.465 e. The van der Waals surface area contributed by atoms with Crippen molar-refractivity contribution < 1.29 is 24.5 Å². The highest BCUT2D eigenvalue weighted by Crippen LogP contribution is 2.52. The summed E-state index contributed by atoms with van der Waals surface area (Å²) in [6.07, 6.45) is 1.54. The van der Waals surface area contributed by atoms with Crippen LogP contribution in [0, 0.1) is 23.7 Å². The maximum absolute atomic E-state index is 11.8. The van der Waals surface area contributed by atoms with Gasteiger partial charge in [-0.1, -0.05) is 26.8 Å². The number of fused-ring (bicyclic) bond motifs is 1. The van der Waals surface area contributed by atoms with Crippen molar-refractivity contribution in [1.82, 2.24) is 9.80 Å². The van der Waals surface area contributed by atoms with Gasteiger partial charge in [0.05, 0.1) is 11.7 Å². The molecule has 0 aromatic heterocycles. The molecule has 7 heteroatoms. The van der Waals surface area contributed by atoms with Gasteiger partial charge < -0.3 is 24.7 Å². The van der Waals surface area contributed by atoms with Crippen LogP contribution in [0.15, 0.2) is 12.1 Å².